The van der Waals surface area contributed by atoms with Crippen LogP contribution in [0.2, 0.25) is 0 Å². The first-order valence-corrected chi connectivity index (χ1v) is 8.05. The zero-order valence-electron chi connectivity index (χ0n) is 13.3. The highest BCUT2D eigenvalue weighted by Gasteiger charge is 2.20. The molecule has 1 aromatic rings. The number of halogens is 3. The number of hydrogen-bond donors (Lipinski definition) is 3. The fraction of sp³-hybridized carbons (Fsp3) is 0.562. The van der Waals surface area contributed by atoms with E-state index in [2.05, 4.69) is 15.5 Å². The van der Waals surface area contributed by atoms with Crippen LogP contribution >= 0.6 is 0 Å². The molecule has 1 aromatic carbocycles. The molecule has 8 heteroatoms. The molecular formula is C16H22F3N3O2. The summed E-state index contributed by atoms with van der Waals surface area (Å²) in [7, 11) is 0. The van der Waals surface area contributed by atoms with Crippen LogP contribution in [0.3, 0.4) is 0 Å². The lowest BCUT2D eigenvalue weighted by Gasteiger charge is -2.34. The van der Waals surface area contributed by atoms with Crippen molar-refractivity contribution in [3.05, 3.63) is 29.6 Å². The Morgan fingerprint density at radius 3 is 2.83 bits per heavy atom. The van der Waals surface area contributed by atoms with Gasteiger partial charge < -0.3 is 15.7 Å². The van der Waals surface area contributed by atoms with Crippen molar-refractivity contribution in [1.29, 1.82) is 0 Å². The summed E-state index contributed by atoms with van der Waals surface area (Å²) in [5.41, 5.74) is -0.540. The molecule has 0 spiro atoms. The third kappa shape index (κ3) is 5.10. The number of aliphatic hydroxyl groups is 1. The fourth-order valence-corrected chi connectivity index (χ4v) is 2.86. The summed E-state index contributed by atoms with van der Waals surface area (Å²) in [4.78, 5) is 13.9. The molecule has 24 heavy (non-hydrogen) atoms. The average molecular weight is 345 g/mol. The average Bonchev–Trinajstić information content (AvgIpc) is 2.56. The second kappa shape index (κ2) is 8.89. The number of urea groups is 1. The van der Waals surface area contributed by atoms with Gasteiger partial charge in [0, 0.05) is 31.3 Å². The smallest absolute Gasteiger partial charge is 0.319 e. The van der Waals surface area contributed by atoms with Crippen LogP contribution in [0.5, 0.6) is 0 Å². The van der Waals surface area contributed by atoms with Gasteiger partial charge in [-0.05, 0) is 25.8 Å². The van der Waals surface area contributed by atoms with Crippen LogP contribution in [-0.2, 0) is 0 Å². The molecular weight excluding hydrogens is 323 g/mol. The van der Waals surface area contributed by atoms with E-state index in [1.165, 1.54) is 0 Å². The maximum absolute atomic E-state index is 13.4. The standard InChI is InChI=1S/C16H22F3N3O2/c17-11-8-13(18)15(19)14(9-11)21-16(24)20-5-3-7-22-6-2-1-4-12(22)10-23/h8-9,12,23H,1-7,10H2,(H2,20,21,24). The quantitative estimate of drug-likeness (QED) is 0.548. The van der Waals surface area contributed by atoms with Crippen LogP contribution in [0.1, 0.15) is 25.7 Å². The van der Waals surface area contributed by atoms with Crippen molar-refractivity contribution in [3.63, 3.8) is 0 Å². The van der Waals surface area contributed by atoms with E-state index in [-0.39, 0.29) is 12.6 Å². The molecule has 3 N–H and O–H groups in total. The van der Waals surface area contributed by atoms with E-state index in [1.807, 2.05) is 0 Å². The number of benzene rings is 1. The minimum atomic E-state index is -1.36. The van der Waals surface area contributed by atoms with E-state index >= 15 is 0 Å². The van der Waals surface area contributed by atoms with E-state index in [9.17, 15) is 23.1 Å². The van der Waals surface area contributed by atoms with Gasteiger partial charge in [0.15, 0.2) is 11.6 Å². The van der Waals surface area contributed by atoms with Gasteiger partial charge in [-0.3, -0.25) is 4.90 Å². The minimum Gasteiger partial charge on any atom is -0.395 e. The summed E-state index contributed by atoms with van der Waals surface area (Å²) in [6, 6.07) is 0.569. The highest BCUT2D eigenvalue weighted by atomic mass is 19.2. The molecule has 1 aliphatic heterocycles. The molecule has 0 bridgehead atoms. The molecule has 0 aromatic heterocycles. The number of nitrogens with one attached hydrogen (secondary N) is 2. The summed E-state index contributed by atoms with van der Waals surface area (Å²) in [5, 5.41) is 13.9. The van der Waals surface area contributed by atoms with Crippen molar-refractivity contribution in [2.45, 2.75) is 31.7 Å². The first kappa shape index (κ1) is 18.5. The number of amides is 2. The second-order valence-corrected chi connectivity index (χ2v) is 5.85. The molecule has 0 saturated carbocycles. The van der Waals surface area contributed by atoms with Gasteiger partial charge in [-0.25, -0.2) is 18.0 Å². The predicted octanol–water partition coefficient (Wildman–Crippen LogP) is 2.46. The SMILES string of the molecule is O=C(NCCCN1CCCCC1CO)Nc1cc(F)cc(F)c1F. The fourth-order valence-electron chi connectivity index (χ4n) is 2.86. The molecule has 1 heterocycles. The molecule has 1 aliphatic rings. The van der Waals surface area contributed by atoms with Crippen LogP contribution in [0.25, 0.3) is 0 Å². The zero-order valence-corrected chi connectivity index (χ0v) is 13.3. The second-order valence-electron chi connectivity index (χ2n) is 5.85. The summed E-state index contributed by atoms with van der Waals surface area (Å²) in [5.74, 6) is -3.62. The lowest BCUT2D eigenvalue weighted by Crippen LogP contribution is -2.43. The molecule has 0 aliphatic carbocycles. The van der Waals surface area contributed by atoms with E-state index in [0.29, 0.717) is 19.0 Å². The number of nitrogens with zero attached hydrogens (tertiary/aromatic N) is 1. The van der Waals surface area contributed by atoms with Gasteiger partial charge in [0.2, 0.25) is 0 Å². The van der Waals surface area contributed by atoms with E-state index in [4.69, 9.17) is 0 Å². The van der Waals surface area contributed by atoms with Crippen molar-refractivity contribution < 1.29 is 23.1 Å². The van der Waals surface area contributed by atoms with Crippen molar-refractivity contribution in [3.8, 4) is 0 Å². The molecule has 1 atom stereocenters. The Bertz CT molecular complexity index is 572. The predicted molar refractivity (Wildman–Crippen MR) is 84.3 cm³/mol. The molecule has 2 amide bonds. The van der Waals surface area contributed by atoms with Gasteiger partial charge >= 0.3 is 6.03 Å². The van der Waals surface area contributed by atoms with Gasteiger partial charge in [0.25, 0.3) is 0 Å². The van der Waals surface area contributed by atoms with E-state index in [0.717, 1.165) is 38.4 Å². The maximum atomic E-state index is 13.4. The van der Waals surface area contributed by atoms with Gasteiger partial charge in [-0.15, -0.1) is 0 Å². The van der Waals surface area contributed by atoms with E-state index in [1.54, 1.807) is 0 Å². The Morgan fingerprint density at radius 1 is 1.29 bits per heavy atom. The number of carbonyl (C=O) groups excluding carboxylic acids is 1. The Morgan fingerprint density at radius 2 is 2.08 bits per heavy atom. The number of aliphatic hydroxyl groups excluding tert-OH is 1. The first-order chi connectivity index (χ1) is 11.5. The number of hydrogen-bond acceptors (Lipinski definition) is 3. The minimum absolute atomic E-state index is 0.123. The molecule has 1 fully saturated rings. The molecule has 1 saturated heterocycles. The Hall–Kier alpha value is -1.80. The van der Waals surface area contributed by atoms with E-state index < -0.39 is 29.2 Å². The maximum Gasteiger partial charge on any atom is 0.319 e. The van der Waals surface area contributed by atoms with Crippen LogP contribution < -0.4 is 10.6 Å². The number of carbonyl (C=O) groups is 1. The molecule has 5 nitrogen and oxygen atoms in total. The van der Waals surface area contributed by atoms with Crippen LogP contribution in [-0.4, -0.2) is 48.3 Å². The molecule has 2 rings (SSSR count). The topological polar surface area (TPSA) is 64.6 Å². The molecule has 1 unspecified atom stereocenters. The van der Waals surface area contributed by atoms with Crippen molar-refractivity contribution >= 4 is 11.7 Å². The molecule has 134 valence electrons. The number of likely N-dealkylation sites (tertiary alicyclic amines) is 1. The Kier molecular flexibility index (Phi) is 6.86. The Labute approximate surface area is 138 Å². The third-order valence-corrected chi connectivity index (χ3v) is 4.11. The zero-order chi connectivity index (χ0) is 17.5. The normalized spacial score (nSPS) is 18.4. The van der Waals surface area contributed by atoms with Gasteiger partial charge in [-0.1, -0.05) is 6.42 Å². The summed E-state index contributed by atoms with van der Waals surface area (Å²) in [6.45, 7) is 2.11. The lowest BCUT2D eigenvalue weighted by molar-refractivity contribution is 0.0894. The third-order valence-electron chi connectivity index (χ3n) is 4.11. The highest BCUT2D eigenvalue weighted by molar-refractivity contribution is 5.89. The van der Waals surface area contributed by atoms with Gasteiger partial charge in [0.05, 0.1) is 12.3 Å². The summed E-state index contributed by atoms with van der Waals surface area (Å²) >= 11 is 0. The lowest BCUT2D eigenvalue weighted by atomic mass is 10.0. The number of piperidine rings is 1. The van der Waals surface area contributed by atoms with Crippen molar-refractivity contribution in [2.24, 2.45) is 0 Å². The largest absolute Gasteiger partial charge is 0.395 e. The van der Waals surface area contributed by atoms with Gasteiger partial charge in [0.1, 0.15) is 5.82 Å². The van der Waals surface area contributed by atoms with Gasteiger partial charge in [-0.2, -0.15) is 0 Å². The monoisotopic (exact) mass is 345 g/mol. The summed E-state index contributed by atoms with van der Waals surface area (Å²) < 4.78 is 39.5. The van der Waals surface area contributed by atoms with Crippen molar-refractivity contribution in [1.82, 2.24) is 10.2 Å². The van der Waals surface area contributed by atoms with Crippen LogP contribution in [0.4, 0.5) is 23.7 Å². The van der Waals surface area contributed by atoms with Crippen molar-refractivity contribution in [2.75, 3.05) is 31.6 Å². The highest BCUT2D eigenvalue weighted by Crippen LogP contribution is 2.19. The first-order valence-electron chi connectivity index (χ1n) is 8.05. The Balaban J connectivity index is 1.74. The van der Waals surface area contributed by atoms with Crippen LogP contribution in [0, 0.1) is 17.5 Å². The number of anilines is 1. The molecule has 0 radical (unpaired) electrons. The number of rotatable bonds is 6. The van der Waals surface area contributed by atoms with Crippen LogP contribution in [0.15, 0.2) is 12.1 Å². The summed E-state index contributed by atoms with van der Waals surface area (Å²) in [6.07, 6.45) is 3.83.